The number of hydrogen-bond donors (Lipinski definition) is 2. The van der Waals surface area contributed by atoms with E-state index < -0.39 is 5.60 Å². The van der Waals surface area contributed by atoms with Gasteiger partial charge >= 0.3 is 0 Å². The Morgan fingerprint density at radius 1 is 0.912 bits per heavy atom. The molecule has 0 atom stereocenters. The molecular formula is C28H30ClN3O2. The molecule has 5 rings (SSSR count). The molecule has 6 heteroatoms. The van der Waals surface area contributed by atoms with E-state index >= 15 is 0 Å². The number of nitrogens with zero attached hydrogens (tertiary/aromatic N) is 2. The van der Waals surface area contributed by atoms with Gasteiger partial charge in [-0.25, -0.2) is 4.98 Å². The minimum atomic E-state index is -0.852. The minimum Gasteiger partial charge on any atom is -0.461 e. The number of imidazole rings is 1. The molecular weight excluding hydrogens is 446 g/mol. The third-order valence-electron chi connectivity index (χ3n) is 6.73. The molecule has 1 aliphatic carbocycles. The first kappa shape index (κ1) is 22.9. The number of aliphatic hydroxyl groups is 1. The molecule has 1 fully saturated rings. The van der Waals surface area contributed by atoms with E-state index in [0.717, 1.165) is 46.5 Å². The third kappa shape index (κ3) is 4.82. The van der Waals surface area contributed by atoms with E-state index in [9.17, 15) is 5.11 Å². The number of hydrogen-bond acceptors (Lipinski definition) is 4. The second-order valence-corrected chi connectivity index (χ2v) is 10.4. The van der Waals surface area contributed by atoms with E-state index in [4.69, 9.17) is 21.3 Å². The Kier molecular flexibility index (Phi) is 6.09. The molecule has 0 spiro atoms. The van der Waals surface area contributed by atoms with Crippen molar-refractivity contribution >= 4 is 22.8 Å². The van der Waals surface area contributed by atoms with Crippen molar-refractivity contribution in [3.63, 3.8) is 0 Å². The Hall–Kier alpha value is -2.89. The number of aromatic amines is 1. The molecule has 2 aromatic carbocycles. The average molecular weight is 476 g/mol. The molecule has 0 unspecified atom stereocenters. The van der Waals surface area contributed by atoms with Gasteiger partial charge in [0.2, 0.25) is 0 Å². The summed E-state index contributed by atoms with van der Waals surface area (Å²) in [5, 5.41) is 10.7. The van der Waals surface area contributed by atoms with E-state index in [1.165, 1.54) is 12.8 Å². The van der Waals surface area contributed by atoms with Gasteiger partial charge in [0.25, 0.3) is 6.01 Å². The van der Waals surface area contributed by atoms with Crippen LogP contribution in [0.2, 0.25) is 5.02 Å². The highest BCUT2D eigenvalue weighted by atomic mass is 35.5. The number of ether oxygens (including phenoxy) is 1. The summed E-state index contributed by atoms with van der Waals surface area (Å²) in [5.74, 6) is 0.775. The van der Waals surface area contributed by atoms with Crippen LogP contribution in [0.25, 0.3) is 33.5 Å². The van der Waals surface area contributed by atoms with Crippen LogP contribution in [0.5, 0.6) is 6.01 Å². The fourth-order valence-electron chi connectivity index (χ4n) is 4.55. The lowest BCUT2D eigenvalue weighted by atomic mass is 9.89. The van der Waals surface area contributed by atoms with Crippen molar-refractivity contribution in [2.45, 2.75) is 58.2 Å². The highest BCUT2D eigenvalue weighted by Gasteiger charge is 2.21. The third-order valence-corrected chi connectivity index (χ3v) is 7.02. The summed E-state index contributed by atoms with van der Waals surface area (Å²) in [5.41, 5.74) is 5.20. The minimum absolute atomic E-state index is 0.205. The van der Waals surface area contributed by atoms with Gasteiger partial charge in [0.05, 0.1) is 21.8 Å². The summed E-state index contributed by atoms with van der Waals surface area (Å²) >= 11 is 6.60. The molecule has 176 valence electrons. The second kappa shape index (κ2) is 9.05. The lowest BCUT2D eigenvalue weighted by molar-refractivity contribution is 0.0786. The van der Waals surface area contributed by atoms with Crippen molar-refractivity contribution in [2.75, 3.05) is 0 Å². The van der Waals surface area contributed by atoms with Crippen LogP contribution in [0, 0.1) is 5.92 Å². The van der Waals surface area contributed by atoms with Crippen LogP contribution >= 0.6 is 11.6 Å². The highest BCUT2D eigenvalue weighted by molar-refractivity contribution is 6.33. The average Bonchev–Trinajstić information content (AvgIpc) is 3.20. The summed E-state index contributed by atoms with van der Waals surface area (Å²) < 4.78 is 6.10. The summed E-state index contributed by atoms with van der Waals surface area (Å²) in [6.07, 6.45) is 4.71. The molecule has 0 saturated heterocycles. The molecule has 2 aromatic heterocycles. The maximum absolute atomic E-state index is 10.2. The van der Waals surface area contributed by atoms with Gasteiger partial charge in [-0.15, -0.1) is 0 Å². The molecule has 0 radical (unpaired) electrons. The van der Waals surface area contributed by atoms with Gasteiger partial charge in [-0.1, -0.05) is 67.1 Å². The highest BCUT2D eigenvalue weighted by Crippen LogP contribution is 2.32. The lowest BCUT2D eigenvalue weighted by Crippen LogP contribution is -2.23. The molecule has 0 bridgehead atoms. The number of pyridine rings is 1. The van der Waals surface area contributed by atoms with Gasteiger partial charge in [0.15, 0.2) is 5.65 Å². The van der Waals surface area contributed by atoms with Gasteiger partial charge in [0, 0.05) is 5.56 Å². The van der Waals surface area contributed by atoms with Gasteiger partial charge in [-0.2, -0.15) is 4.98 Å². The van der Waals surface area contributed by atoms with Crippen LogP contribution < -0.4 is 4.74 Å². The fourth-order valence-corrected chi connectivity index (χ4v) is 4.81. The molecule has 2 heterocycles. The number of rotatable bonds is 5. The maximum atomic E-state index is 10.2. The zero-order chi connectivity index (χ0) is 23.9. The zero-order valence-electron chi connectivity index (χ0n) is 19.8. The number of fused-ring (bicyclic) bond motifs is 1. The van der Waals surface area contributed by atoms with Crippen LogP contribution in [0.1, 0.15) is 52.0 Å². The Morgan fingerprint density at radius 3 is 2.12 bits per heavy atom. The van der Waals surface area contributed by atoms with E-state index in [1.54, 1.807) is 13.8 Å². The Labute approximate surface area is 205 Å². The summed E-state index contributed by atoms with van der Waals surface area (Å²) in [4.78, 5) is 12.5. The van der Waals surface area contributed by atoms with Crippen LogP contribution in [0.3, 0.4) is 0 Å². The standard InChI is InChI=1S/C28H30ClN3O2/c1-17-4-14-22(15-5-17)34-27-30-24-16-23(29)25(31-26(24)32-27)20-8-6-18(7-9-20)19-10-12-21(13-11-19)28(2,3)33/h6-13,16-17,22,33H,4-5,14-15H2,1-3H3,(H,30,31,32)/t17-,22-. The predicted octanol–water partition coefficient (Wildman–Crippen LogP) is 7.13. The second-order valence-electron chi connectivity index (χ2n) is 9.95. The molecule has 2 N–H and O–H groups in total. The smallest absolute Gasteiger partial charge is 0.296 e. The number of benzene rings is 2. The van der Waals surface area contributed by atoms with E-state index in [2.05, 4.69) is 29.0 Å². The molecule has 4 aromatic rings. The SMILES string of the molecule is CC(C)(O)c1ccc(-c2ccc(-c3nc4nc(O[C@H]5CC[C@H](C)CC5)[nH]c4cc3Cl)cc2)cc1. The normalized spacial score (nSPS) is 18.9. The van der Waals surface area contributed by atoms with Crippen molar-refractivity contribution in [1.29, 1.82) is 0 Å². The summed E-state index contributed by atoms with van der Waals surface area (Å²) in [6, 6.07) is 18.5. The largest absolute Gasteiger partial charge is 0.461 e. The van der Waals surface area contributed by atoms with E-state index in [-0.39, 0.29) is 6.10 Å². The topological polar surface area (TPSA) is 71.0 Å². The monoisotopic (exact) mass is 475 g/mol. The number of aromatic nitrogens is 3. The predicted molar refractivity (Wildman–Crippen MR) is 137 cm³/mol. The van der Waals surface area contributed by atoms with Gasteiger partial charge in [0.1, 0.15) is 6.10 Å². The molecule has 1 saturated carbocycles. The molecule has 0 aliphatic heterocycles. The molecule has 1 aliphatic rings. The van der Waals surface area contributed by atoms with Gasteiger partial charge in [-0.05, 0) is 68.2 Å². The number of H-pyrrole nitrogens is 1. The zero-order valence-corrected chi connectivity index (χ0v) is 20.6. The van der Waals surface area contributed by atoms with Gasteiger partial charge in [-0.3, -0.25) is 0 Å². The van der Waals surface area contributed by atoms with Crippen molar-refractivity contribution in [2.24, 2.45) is 5.92 Å². The lowest BCUT2D eigenvalue weighted by Gasteiger charge is -2.25. The van der Waals surface area contributed by atoms with Gasteiger partial charge < -0.3 is 14.8 Å². The van der Waals surface area contributed by atoms with Crippen molar-refractivity contribution in [3.05, 3.63) is 65.2 Å². The summed E-state index contributed by atoms with van der Waals surface area (Å²) in [6.45, 7) is 5.87. The quantitative estimate of drug-likeness (QED) is 0.322. The van der Waals surface area contributed by atoms with Crippen LogP contribution in [-0.2, 0) is 5.60 Å². The molecule has 34 heavy (non-hydrogen) atoms. The first-order chi connectivity index (χ1) is 16.3. The first-order valence-corrected chi connectivity index (χ1v) is 12.3. The maximum Gasteiger partial charge on any atom is 0.296 e. The molecule has 5 nitrogen and oxygen atoms in total. The van der Waals surface area contributed by atoms with Crippen LogP contribution in [-0.4, -0.2) is 26.2 Å². The van der Waals surface area contributed by atoms with Crippen molar-refractivity contribution in [3.8, 4) is 28.4 Å². The Bertz CT molecular complexity index is 1280. The van der Waals surface area contributed by atoms with E-state index in [0.29, 0.717) is 22.4 Å². The number of nitrogens with one attached hydrogen (secondary N) is 1. The molecule has 0 amide bonds. The van der Waals surface area contributed by atoms with Crippen molar-refractivity contribution in [1.82, 2.24) is 15.0 Å². The fraction of sp³-hybridized carbons (Fsp3) is 0.357. The van der Waals surface area contributed by atoms with Crippen molar-refractivity contribution < 1.29 is 9.84 Å². The van der Waals surface area contributed by atoms with Crippen LogP contribution in [0.4, 0.5) is 0 Å². The first-order valence-electron chi connectivity index (χ1n) is 11.9. The summed E-state index contributed by atoms with van der Waals surface area (Å²) in [7, 11) is 0. The van der Waals surface area contributed by atoms with E-state index in [1.807, 2.05) is 42.5 Å². The van der Waals surface area contributed by atoms with Crippen LogP contribution in [0.15, 0.2) is 54.6 Å². The Balaban J connectivity index is 1.36. The Morgan fingerprint density at radius 2 is 1.50 bits per heavy atom. The number of halogens is 1.